The number of hydrogen-bond donors (Lipinski definition) is 0. The van der Waals surface area contributed by atoms with Gasteiger partial charge in [0.05, 0.1) is 11.6 Å². The van der Waals surface area contributed by atoms with Crippen LogP contribution in [0, 0.1) is 12.8 Å². The Hall–Kier alpha value is -2.38. The molecule has 3 heterocycles. The molecule has 4 rings (SSSR count). The Kier molecular flexibility index (Phi) is 7.71. The van der Waals surface area contributed by atoms with Crippen molar-refractivity contribution < 1.29 is 9.53 Å². The quantitative estimate of drug-likeness (QED) is 0.644. The first-order valence-corrected chi connectivity index (χ1v) is 12.4. The van der Waals surface area contributed by atoms with E-state index in [1.54, 1.807) is 0 Å². The van der Waals surface area contributed by atoms with E-state index in [1.807, 2.05) is 16.6 Å². The number of piperidine rings is 1. The first-order valence-electron chi connectivity index (χ1n) is 12.4. The number of hydrogen-bond acceptors (Lipinski definition) is 5. The van der Waals surface area contributed by atoms with Gasteiger partial charge in [0.15, 0.2) is 0 Å². The van der Waals surface area contributed by atoms with Crippen molar-refractivity contribution in [1.29, 1.82) is 0 Å². The highest BCUT2D eigenvalue weighted by Gasteiger charge is 2.28. The first kappa shape index (κ1) is 23.8. The monoisotopic (exact) mass is 453 g/mol. The van der Waals surface area contributed by atoms with Gasteiger partial charge in [-0.15, -0.1) is 0 Å². The van der Waals surface area contributed by atoms with Crippen LogP contribution in [0.1, 0.15) is 49.1 Å². The van der Waals surface area contributed by atoms with E-state index in [2.05, 4.69) is 60.1 Å². The van der Waals surface area contributed by atoms with Crippen LogP contribution in [0.3, 0.4) is 0 Å². The molecular formula is C26H39N5O2. The van der Waals surface area contributed by atoms with Crippen LogP contribution < -0.4 is 4.74 Å². The standard InChI is InChI=1S/C26H39N5O2/c1-5-31(6-2)26(32)22-8-7-11-29(17-22)15-21-9-10-25-23(14-21)18-30(12-13-33-25)19-24-16-28(4)27-20(24)3/h9-10,14,16,22H,5-8,11-13,15,17-19H2,1-4H3. The molecule has 1 aromatic carbocycles. The van der Waals surface area contributed by atoms with Crippen LogP contribution in [0.2, 0.25) is 0 Å². The third kappa shape index (κ3) is 5.76. The van der Waals surface area contributed by atoms with E-state index in [0.717, 1.165) is 76.6 Å². The number of fused-ring (bicyclic) bond motifs is 1. The number of benzene rings is 1. The molecule has 180 valence electrons. The van der Waals surface area contributed by atoms with Crippen molar-refractivity contribution in [2.24, 2.45) is 13.0 Å². The summed E-state index contributed by atoms with van der Waals surface area (Å²) in [5.41, 5.74) is 4.91. The molecule has 0 spiro atoms. The molecule has 0 radical (unpaired) electrons. The second kappa shape index (κ2) is 10.7. The van der Waals surface area contributed by atoms with E-state index in [4.69, 9.17) is 4.74 Å². The molecule has 0 saturated carbocycles. The average Bonchev–Trinajstić information content (AvgIpc) is 2.99. The van der Waals surface area contributed by atoms with E-state index in [-0.39, 0.29) is 5.92 Å². The summed E-state index contributed by atoms with van der Waals surface area (Å²) in [5, 5.41) is 4.49. The maximum Gasteiger partial charge on any atom is 0.226 e. The van der Waals surface area contributed by atoms with Crippen LogP contribution in [0.15, 0.2) is 24.4 Å². The van der Waals surface area contributed by atoms with Crippen molar-refractivity contribution in [2.45, 2.75) is 53.2 Å². The molecule has 33 heavy (non-hydrogen) atoms. The lowest BCUT2D eigenvalue weighted by molar-refractivity contribution is -0.137. The van der Waals surface area contributed by atoms with Gasteiger partial charge in [-0.25, -0.2) is 0 Å². The highest BCUT2D eigenvalue weighted by Crippen LogP contribution is 2.27. The number of aryl methyl sites for hydroxylation is 2. The van der Waals surface area contributed by atoms with E-state index in [1.165, 1.54) is 16.7 Å². The predicted octanol–water partition coefficient (Wildman–Crippen LogP) is 3.20. The topological polar surface area (TPSA) is 53.8 Å². The van der Waals surface area contributed by atoms with Gasteiger partial charge in [-0.1, -0.05) is 6.07 Å². The largest absolute Gasteiger partial charge is 0.492 e. The van der Waals surface area contributed by atoms with Gasteiger partial charge < -0.3 is 9.64 Å². The van der Waals surface area contributed by atoms with Gasteiger partial charge in [0.25, 0.3) is 0 Å². The Balaban J connectivity index is 1.41. The molecular weight excluding hydrogens is 414 g/mol. The number of amides is 1. The lowest BCUT2D eigenvalue weighted by Crippen LogP contribution is -2.44. The van der Waals surface area contributed by atoms with Crippen molar-refractivity contribution in [1.82, 2.24) is 24.5 Å². The minimum atomic E-state index is 0.126. The van der Waals surface area contributed by atoms with E-state index >= 15 is 0 Å². The molecule has 1 atom stereocenters. The molecule has 1 saturated heterocycles. The summed E-state index contributed by atoms with van der Waals surface area (Å²) in [6.45, 7) is 14.0. The molecule has 7 nitrogen and oxygen atoms in total. The molecule has 0 bridgehead atoms. The molecule has 7 heteroatoms. The molecule has 2 aliphatic rings. The summed E-state index contributed by atoms with van der Waals surface area (Å²) in [5.74, 6) is 1.44. The Morgan fingerprint density at radius 3 is 2.73 bits per heavy atom. The Morgan fingerprint density at radius 1 is 1.18 bits per heavy atom. The van der Waals surface area contributed by atoms with Gasteiger partial charge in [0.2, 0.25) is 5.91 Å². The highest BCUT2D eigenvalue weighted by molar-refractivity contribution is 5.79. The third-order valence-electron chi connectivity index (χ3n) is 7.03. The van der Waals surface area contributed by atoms with Crippen LogP contribution in [-0.4, -0.2) is 69.7 Å². The third-order valence-corrected chi connectivity index (χ3v) is 7.03. The summed E-state index contributed by atoms with van der Waals surface area (Å²) in [6.07, 6.45) is 4.21. The van der Waals surface area contributed by atoms with E-state index in [0.29, 0.717) is 12.5 Å². The van der Waals surface area contributed by atoms with Crippen LogP contribution in [-0.2, 0) is 31.5 Å². The predicted molar refractivity (Wildman–Crippen MR) is 130 cm³/mol. The van der Waals surface area contributed by atoms with E-state index < -0.39 is 0 Å². The molecule has 2 aromatic rings. The minimum absolute atomic E-state index is 0.126. The fourth-order valence-electron chi connectivity index (χ4n) is 5.23. The van der Waals surface area contributed by atoms with Crippen molar-refractivity contribution in [3.63, 3.8) is 0 Å². The number of aromatic nitrogens is 2. The number of rotatable bonds is 7. The second-order valence-electron chi connectivity index (χ2n) is 9.50. The normalized spacial score (nSPS) is 19.6. The van der Waals surface area contributed by atoms with Crippen LogP contribution in [0.5, 0.6) is 5.75 Å². The number of ether oxygens (including phenoxy) is 1. The molecule has 0 N–H and O–H groups in total. The lowest BCUT2D eigenvalue weighted by Gasteiger charge is -2.34. The zero-order valence-electron chi connectivity index (χ0n) is 20.7. The number of carbonyl (C=O) groups excluding carboxylic acids is 1. The summed E-state index contributed by atoms with van der Waals surface area (Å²) >= 11 is 0. The first-order chi connectivity index (χ1) is 16.0. The Labute approximate surface area is 198 Å². The summed E-state index contributed by atoms with van der Waals surface area (Å²) in [4.78, 5) is 19.7. The van der Waals surface area contributed by atoms with Gasteiger partial charge >= 0.3 is 0 Å². The fourth-order valence-corrected chi connectivity index (χ4v) is 5.23. The van der Waals surface area contributed by atoms with Gasteiger partial charge in [-0.05, 0) is 57.9 Å². The van der Waals surface area contributed by atoms with Crippen LogP contribution in [0.4, 0.5) is 0 Å². The average molecular weight is 454 g/mol. The van der Waals surface area contributed by atoms with Crippen molar-refractivity contribution in [2.75, 3.05) is 39.3 Å². The fraction of sp³-hybridized carbons (Fsp3) is 0.615. The van der Waals surface area contributed by atoms with Crippen molar-refractivity contribution >= 4 is 5.91 Å². The lowest BCUT2D eigenvalue weighted by atomic mass is 9.95. The molecule has 2 aliphatic heterocycles. The molecule has 1 amide bonds. The molecule has 0 aliphatic carbocycles. The molecule has 1 fully saturated rings. The molecule has 1 aromatic heterocycles. The van der Waals surface area contributed by atoms with Crippen LogP contribution >= 0.6 is 0 Å². The Morgan fingerprint density at radius 2 is 2.00 bits per heavy atom. The maximum absolute atomic E-state index is 12.9. The number of carbonyl (C=O) groups is 1. The minimum Gasteiger partial charge on any atom is -0.492 e. The smallest absolute Gasteiger partial charge is 0.226 e. The summed E-state index contributed by atoms with van der Waals surface area (Å²) in [7, 11) is 1.98. The van der Waals surface area contributed by atoms with Gasteiger partial charge in [-0.3, -0.25) is 19.3 Å². The van der Waals surface area contributed by atoms with Gasteiger partial charge in [0.1, 0.15) is 12.4 Å². The van der Waals surface area contributed by atoms with Gasteiger partial charge in [-0.2, -0.15) is 5.10 Å². The number of nitrogens with zero attached hydrogens (tertiary/aromatic N) is 5. The molecule has 1 unspecified atom stereocenters. The van der Waals surface area contributed by atoms with Crippen molar-refractivity contribution in [3.8, 4) is 5.75 Å². The SMILES string of the molecule is CCN(CC)C(=O)C1CCCN(Cc2ccc3c(c2)CN(Cc2cn(C)nc2C)CCO3)C1. The zero-order valence-corrected chi connectivity index (χ0v) is 20.7. The van der Waals surface area contributed by atoms with Crippen LogP contribution in [0.25, 0.3) is 0 Å². The highest BCUT2D eigenvalue weighted by atomic mass is 16.5. The van der Waals surface area contributed by atoms with Gasteiger partial charge in [0, 0.05) is 70.2 Å². The van der Waals surface area contributed by atoms with E-state index in [9.17, 15) is 4.79 Å². The zero-order chi connectivity index (χ0) is 23.4. The summed E-state index contributed by atoms with van der Waals surface area (Å²) in [6, 6.07) is 6.63. The second-order valence-corrected chi connectivity index (χ2v) is 9.50. The maximum atomic E-state index is 12.9. The number of likely N-dealkylation sites (tertiary alicyclic amines) is 1. The summed E-state index contributed by atoms with van der Waals surface area (Å²) < 4.78 is 7.96. The van der Waals surface area contributed by atoms with Crippen molar-refractivity contribution in [3.05, 3.63) is 46.8 Å². The Bertz CT molecular complexity index is 952.